The van der Waals surface area contributed by atoms with E-state index in [0.717, 1.165) is 0 Å². The molecule has 0 aliphatic heterocycles. The molecule has 0 aliphatic carbocycles. The van der Waals surface area contributed by atoms with Gasteiger partial charge in [-0.25, -0.2) is 4.98 Å². The number of amides is 1. The van der Waals surface area contributed by atoms with Gasteiger partial charge >= 0.3 is 6.18 Å². The minimum Gasteiger partial charge on any atom is -0.373 e. The van der Waals surface area contributed by atoms with Gasteiger partial charge in [0.15, 0.2) is 0 Å². The second kappa shape index (κ2) is 4.91. The van der Waals surface area contributed by atoms with Gasteiger partial charge in [0, 0.05) is 18.8 Å². The molecular weight excluding hydrogens is 249 g/mol. The van der Waals surface area contributed by atoms with E-state index < -0.39 is 29.6 Å². The van der Waals surface area contributed by atoms with Crippen molar-refractivity contribution < 1.29 is 18.0 Å². The number of nitrogens with one attached hydrogen (secondary N) is 1. The van der Waals surface area contributed by atoms with E-state index in [2.05, 4.69) is 10.3 Å². The molecule has 3 N–H and O–H groups in total. The third kappa shape index (κ3) is 2.68. The second-order valence-electron chi connectivity index (χ2n) is 3.38. The molecular formula is C10H9F3N4O. The molecule has 0 saturated heterocycles. The van der Waals surface area contributed by atoms with E-state index >= 15 is 0 Å². The Labute approximate surface area is 100 Å². The lowest BCUT2D eigenvalue weighted by Gasteiger charge is -2.14. The first-order valence-electron chi connectivity index (χ1n) is 4.76. The zero-order valence-electron chi connectivity index (χ0n) is 9.30. The molecule has 0 spiro atoms. The van der Waals surface area contributed by atoms with E-state index in [1.807, 2.05) is 0 Å². The van der Waals surface area contributed by atoms with Crippen molar-refractivity contribution in [3.8, 4) is 6.07 Å². The van der Waals surface area contributed by atoms with Crippen molar-refractivity contribution in [3.05, 3.63) is 22.9 Å². The van der Waals surface area contributed by atoms with Crippen molar-refractivity contribution in [2.75, 3.05) is 12.4 Å². The number of primary amides is 1. The lowest BCUT2D eigenvalue weighted by Crippen LogP contribution is -2.19. The number of nitrogens with two attached hydrogens (primary N) is 1. The number of carbonyl (C=O) groups is 1. The molecule has 1 aromatic heterocycles. The minimum absolute atomic E-state index is 0.0263. The smallest absolute Gasteiger partial charge is 0.373 e. The number of pyridine rings is 1. The zero-order valence-corrected chi connectivity index (χ0v) is 9.30. The molecule has 1 aromatic rings. The van der Waals surface area contributed by atoms with Gasteiger partial charge in [0.05, 0.1) is 17.5 Å². The van der Waals surface area contributed by atoms with Crippen molar-refractivity contribution in [2.45, 2.75) is 12.6 Å². The van der Waals surface area contributed by atoms with E-state index in [1.165, 1.54) is 13.1 Å². The van der Waals surface area contributed by atoms with E-state index in [1.54, 1.807) is 0 Å². The van der Waals surface area contributed by atoms with Crippen LogP contribution in [0.1, 0.15) is 16.7 Å². The summed E-state index contributed by atoms with van der Waals surface area (Å²) in [6.07, 6.45) is -4.65. The molecule has 18 heavy (non-hydrogen) atoms. The normalized spacial score (nSPS) is 10.8. The lowest BCUT2D eigenvalue weighted by molar-refractivity contribution is -0.138. The minimum atomic E-state index is -4.71. The van der Waals surface area contributed by atoms with Crippen molar-refractivity contribution in [1.29, 1.82) is 5.26 Å². The monoisotopic (exact) mass is 258 g/mol. The Balaban J connectivity index is 3.53. The Hall–Kier alpha value is -2.30. The van der Waals surface area contributed by atoms with Gasteiger partial charge in [0.1, 0.15) is 11.9 Å². The SMILES string of the molecule is CNc1ncc(C(F)(F)F)c(C#N)c1CC(N)=O. The lowest BCUT2D eigenvalue weighted by atomic mass is 10.0. The molecule has 0 atom stereocenters. The fourth-order valence-corrected chi connectivity index (χ4v) is 1.46. The van der Waals surface area contributed by atoms with Gasteiger partial charge in [0.25, 0.3) is 0 Å². The summed E-state index contributed by atoms with van der Waals surface area (Å²) in [7, 11) is 1.42. The van der Waals surface area contributed by atoms with Crippen LogP contribution in [0.2, 0.25) is 0 Å². The fourth-order valence-electron chi connectivity index (χ4n) is 1.46. The Morgan fingerprint density at radius 2 is 2.22 bits per heavy atom. The van der Waals surface area contributed by atoms with Crippen LogP contribution in [0.3, 0.4) is 0 Å². The summed E-state index contributed by atoms with van der Waals surface area (Å²) in [5, 5.41) is 11.4. The summed E-state index contributed by atoms with van der Waals surface area (Å²) < 4.78 is 38.0. The average Bonchev–Trinajstić information content (AvgIpc) is 2.26. The number of alkyl halides is 3. The van der Waals surface area contributed by atoms with Crippen molar-refractivity contribution >= 4 is 11.7 Å². The number of anilines is 1. The summed E-state index contributed by atoms with van der Waals surface area (Å²) in [6, 6.07) is 1.44. The van der Waals surface area contributed by atoms with Gasteiger partial charge in [-0.1, -0.05) is 0 Å². The maximum Gasteiger partial charge on any atom is 0.419 e. The molecule has 96 valence electrons. The third-order valence-electron chi connectivity index (χ3n) is 2.18. The number of hydrogen-bond donors (Lipinski definition) is 2. The summed E-state index contributed by atoms with van der Waals surface area (Å²) in [5.74, 6) is -0.817. The molecule has 1 heterocycles. The summed E-state index contributed by atoms with van der Waals surface area (Å²) in [5.41, 5.74) is 2.98. The summed E-state index contributed by atoms with van der Waals surface area (Å²) in [4.78, 5) is 14.4. The first-order valence-corrected chi connectivity index (χ1v) is 4.76. The predicted octanol–water partition coefficient (Wildman–Crippen LogP) is 1.04. The highest BCUT2D eigenvalue weighted by Gasteiger charge is 2.36. The van der Waals surface area contributed by atoms with Gasteiger partial charge in [-0.15, -0.1) is 0 Å². The number of halogens is 3. The summed E-state index contributed by atoms with van der Waals surface area (Å²) in [6.45, 7) is 0. The average molecular weight is 258 g/mol. The summed E-state index contributed by atoms with van der Waals surface area (Å²) >= 11 is 0. The molecule has 0 unspecified atom stereocenters. The van der Waals surface area contributed by atoms with Crippen LogP contribution in [-0.2, 0) is 17.4 Å². The molecule has 5 nitrogen and oxygen atoms in total. The van der Waals surface area contributed by atoms with E-state index in [4.69, 9.17) is 11.0 Å². The quantitative estimate of drug-likeness (QED) is 0.847. The number of nitriles is 1. The number of nitrogens with zero attached hydrogens (tertiary/aromatic N) is 2. The van der Waals surface area contributed by atoms with E-state index in [-0.39, 0.29) is 11.4 Å². The van der Waals surface area contributed by atoms with Crippen LogP contribution in [0.5, 0.6) is 0 Å². The first-order chi connectivity index (χ1) is 8.31. The Morgan fingerprint density at radius 3 is 2.61 bits per heavy atom. The van der Waals surface area contributed by atoms with Gasteiger partial charge < -0.3 is 11.1 Å². The fraction of sp³-hybridized carbons (Fsp3) is 0.300. The molecule has 0 aromatic carbocycles. The maximum atomic E-state index is 12.7. The largest absolute Gasteiger partial charge is 0.419 e. The van der Waals surface area contributed by atoms with Gasteiger partial charge in [-0.3, -0.25) is 4.79 Å². The zero-order chi connectivity index (χ0) is 13.9. The Bertz CT molecular complexity index is 519. The Kier molecular flexibility index (Phi) is 3.76. The number of hydrogen-bond acceptors (Lipinski definition) is 4. The molecule has 1 rings (SSSR count). The van der Waals surface area contributed by atoms with Gasteiger partial charge in [-0.2, -0.15) is 18.4 Å². The van der Waals surface area contributed by atoms with Crippen molar-refractivity contribution in [1.82, 2.24) is 4.98 Å². The van der Waals surface area contributed by atoms with E-state index in [0.29, 0.717) is 6.20 Å². The number of aromatic nitrogens is 1. The van der Waals surface area contributed by atoms with Crippen LogP contribution in [0.4, 0.5) is 19.0 Å². The van der Waals surface area contributed by atoms with E-state index in [9.17, 15) is 18.0 Å². The van der Waals surface area contributed by atoms with Crippen LogP contribution in [0.25, 0.3) is 0 Å². The topological polar surface area (TPSA) is 91.8 Å². The highest BCUT2D eigenvalue weighted by atomic mass is 19.4. The van der Waals surface area contributed by atoms with Crippen molar-refractivity contribution in [2.24, 2.45) is 5.73 Å². The molecule has 0 bridgehead atoms. The molecule has 1 amide bonds. The molecule has 0 aliphatic rings. The highest BCUT2D eigenvalue weighted by molar-refractivity contribution is 5.79. The van der Waals surface area contributed by atoms with Crippen LogP contribution in [-0.4, -0.2) is 17.9 Å². The van der Waals surface area contributed by atoms with Crippen LogP contribution in [0, 0.1) is 11.3 Å². The number of rotatable bonds is 3. The highest BCUT2D eigenvalue weighted by Crippen LogP contribution is 2.34. The Morgan fingerprint density at radius 1 is 1.61 bits per heavy atom. The maximum absolute atomic E-state index is 12.7. The third-order valence-corrected chi connectivity index (χ3v) is 2.18. The molecule has 0 saturated carbocycles. The second-order valence-corrected chi connectivity index (χ2v) is 3.38. The van der Waals surface area contributed by atoms with Crippen LogP contribution in [0.15, 0.2) is 6.20 Å². The molecule has 0 radical (unpaired) electrons. The van der Waals surface area contributed by atoms with Gasteiger partial charge in [-0.05, 0) is 0 Å². The molecule has 8 heteroatoms. The number of carbonyl (C=O) groups excluding carboxylic acids is 1. The van der Waals surface area contributed by atoms with Crippen molar-refractivity contribution in [3.63, 3.8) is 0 Å². The predicted molar refractivity (Wildman–Crippen MR) is 56.4 cm³/mol. The van der Waals surface area contributed by atoms with Crippen LogP contribution >= 0.6 is 0 Å². The van der Waals surface area contributed by atoms with Gasteiger partial charge in [0.2, 0.25) is 5.91 Å². The standard InChI is InChI=1S/C10H9F3N4O/c1-16-9-5(2-8(15)18)6(3-14)7(4-17-9)10(11,12)13/h4H,2H2,1H3,(H2,15,18)(H,16,17). The van der Waals surface area contributed by atoms with Crippen LogP contribution < -0.4 is 11.1 Å². The first kappa shape index (κ1) is 13.8. The molecule has 0 fully saturated rings.